The van der Waals surface area contributed by atoms with Crippen molar-refractivity contribution in [2.24, 2.45) is 4.99 Å². The first-order valence-electron chi connectivity index (χ1n) is 7.86. The smallest absolute Gasteiger partial charge is 0.372 e. The Morgan fingerprint density at radius 3 is 2.44 bits per heavy atom. The normalized spacial score (nSPS) is 14.4. The van der Waals surface area contributed by atoms with Crippen molar-refractivity contribution in [2.75, 3.05) is 25.0 Å². The summed E-state index contributed by atoms with van der Waals surface area (Å²) in [5.74, 6) is 0. The van der Waals surface area contributed by atoms with Gasteiger partial charge in [0.05, 0.1) is 27.9 Å². The summed E-state index contributed by atoms with van der Waals surface area (Å²) >= 11 is 11.9. The zero-order valence-electron chi connectivity index (χ0n) is 14.2. The van der Waals surface area contributed by atoms with E-state index in [0.717, 1.165) is 17.7 Å². The van der Waals surface area contributed by atoms with Crippen molar-refractivity contribution < 1.29 is 13.2 Å². The lowest BCUT2D eigenvalue weighted by Gasteiger charge is -2.20. The molecule has 1 aliphatic rings. The largest absolute Gasteiger partial charge is 0.416 e. The zero-order valence-corrected chi connectivity index (χ0v) is 16.6. The van der Waals surface area contributed by atoms with E-state index in [1.807, 2.05) is 11.9 Å². The number of aliphatic imine (C=N–C) groups is 1. The van der Waals surface area contributed by atoms with E-state index >= 15 is 0 Å². The molecule has 0 aliphatic carbocycles. The van der Waals surface area contributed by atoms with Gasteiger partial charge < -0.3 is 4.90 Å². The van der Waals surface area contributed by atoms with E-state index in [0.29, 0.717) is 40.1 Å². The van der Waals surface area contributed by atoms with Crippen LogP contribution >= 0.6 is 35.6 Å². The predicted molar refractivity (Wildman–Crippen MR) is 109 cm³/mol. The minimum absolute atomic E-state index is 0. The molecule has 8 heteroatoms. The monoisotopic (exact) mass is 434 g/mol. The maximum absolute atomic E-state index is 13.1. The van der Waals surface area contributed by atoms with Gasteiger partial charge in [-0.15, -0.1) is 12.4 Å². The Morgan fingerprint density at radius 2 is 1.78 bits per heavy atom. The van der Waals surface area contributed by atoms with Gasteiger partial charge in [-0.05, 0) is 42.0 Å². The molecule has 1 aliphatic heterocycles. The third-order valence-electron chi connectivity index (χ3n) is 4.11. The van der Waals surface area contributed by atoms with Crippen molar-refractivity contribution in [2.45, 2.75) is 6.18 Å². The molecule has 144 valence electrons. The number of benzene rings is 2. The first kappa shape index (κ1) is 21.6. The molecule has 1 heterocycles. The molecule has 0 fully saturated rings. The quantitative estimate of drug-likeness (QED) is 0.534. The van der Waals surface area contributed by atoms with E-state index in [9.17, 15) is 13.2 Å². The van der Waals surface area contributed by atoms with Gasteiger partial charge in [0, 0.05) is 24.8 Å². The van der Waals surface area contributed by atoms with Crippen molar-refractivity contribution >= 4 is 53.1 Å². The Morgan fingerprint density at radius 1 is 1.04 bits per heavy atom. The van der Waals surface area contributed by atoms with Crippen LogP contribution < -0.4 is 4.90 Å². The topological polar surface area (TPSA) is 15.6 Å². The highest BCUT2D eigenvalue weighted by atomic mass is 35.5. The van der Waals surface area contributed by atoms with Crippen LogP contribution in [0.25, 0.3) is 6.08 Å². The number of benzodiazepines with no additional fused rings is 1. The van der Waals surface area contributed by atoms with Crippen molar-refractivity contribution in [1.29, 1.82) is 0 Å². The molecule has 0 saturated heterocycles. The Bertz CT molecular complexity index is 892. The fourth-order valence-electron chi connectivity index (χ4n) is 2.71. The standard InChI is InChI=1S/C19H15Cl2F3N2.ClH/c1-26-9-8-25-17(6-3-12-2-5-15(20)16(21)10-12)14-11-13(19(22,23)24)4-7-18(14)26;/h2-7,10-11H,8-9H2,1H3;1H. The first-order chi connectivity index (χ1) is 12.3. The molecule has 0 radical (unpaired) electrons. The third kappa shape index (κ3) is 4.98. The highest BCUT2D eigenvalue weighted by molar-refractivity contribution is 6.42. The molecular formula is C19H16Cl3F3N2. The van der Waals surface area contributed by atoms with Gasteiger partial charge in [-0.2, -0.15) is 13.2 Å². The number of hydrogen-bond acceptors (Lipinski definition) is 2. The van der Waals surface area contributed by atoms with Crippen LogP contribution in [0.1, 0.15) is 16.7 Å². The van der Waals surface area contributed by atoms with E-state index in [4.69, 9.17) is 23.2 Å². The van der Waals surface area contributed by atoms with Gasteiger partial charge in [0.1, 0.15) is 0 Å². The molecule has 2 aromatic rings. The molecular weight excluding hydrogens is 420 g/mol. The second-order valence-corrected chi connectivity index (χ2v) is 6.74. The molecule has 0 saturated carbocycles. The van der Waals surface area contributed by atoms with Gasteiger partial charge in [0.2, 0.25) is 0 Å². The van der Waals surface area contributed by atoms with Crippen molar-refractivity contribution in [3.8, 4) is 0 Å². The first-order valence-corrected chi connectivity index (χ1v) is 8.61. The summed E-state index contributed by atoms with van der Waals surface area (Å²) in [7, 11) is 1.84. The van der Waals surface area contributed by atoms with Gasteiger partial charge in [-0.1, -0.05) is 35.3 Å². The molecule has 0 amide bonds. The summed E-state index contributed by atoms with van der Waals surface area (Å²) in [6, 6.07) is 8.88. The van der Waals surface area contributed by atoms with Crippen LogP contribution in [0.4, 0.5) is 18.9 Å². The Labute approximate surface area is 171 Å². The van der Waals surface area contributed by atoms with Crippen molar-refractivity contribution in [1.82, 2.24) is 0 Å². The number of alkyl halides is 3. The molecule has 0 bridgehead atoms. The fraction of sp³-hybridized carbons (Fsp3) is 0.211. The molecule has 3 rings (SSSR count). The summed E-state index contributed by atoms with van der Waals surface area (Å²) in [4.78, 5) is 6.36. The Balaban J connectivity index is 0.00000261. The molecule has 2 nitrogen and oxygen atoms in total. The summed E-state index contributed by atoms with van der Waals surface area (Å²) in [6.45, 7) is 1.12. The minimum Gasteiger partial charge on any atom is -0.372 e. The van der Waals surface area contributed by atoms with Gasteiger partial charge in [0.25, 0.3) is 0 Å². The number of nitrogens with zero attached hydrogens (tertiary/aromatic N) is 2. The zero-order chi connectivity index (χ0) is 18.9. The fourth-order valence-corrected chi connectivity index (χ4v) is 3.02. The van der Waals surface area contributed by atoms with Crippen LogP contribution in [0.3, 0.4) is 0 Å². The van der Waals surface area contributed by atoms with Crippen LogP contribution in [-0.2, 0) is 6.18 Å². The summed E-state index contributed by atoms with van der Waals surface area (Å²) in [6.07, 6.45) is -0.938. The lowest BCUT2D eigenvalue weighted by Crippen LogP contribution is -2.20. The van der Waals surface area contributed by atoms with E-state index in [2.05, 4.69) is 4.99 Å². The number of halogens is 6. The Kier molecular flexibility index (Phi) is 6.84. The molecule has 0 N–H and O–H groups in total. The summed E-state index contributed by atoms with van der Waals surface area (Å²) in [5.41, 5.74) is 1.76. The van der Waals surface area contributed by atoms with Crippen LogP contribution in [0.15, 0.2) is 47.5 Å². The maximum atomic E-state index is 13.1. The SMILES string of the molecule is CN1CCN=C(C=Cc2ccc(Cl)c(Cl)c2)c2cc(C(F)(F)F)ccc21.Cl. The van der Waals surface area contributed by atoms with Crippen LogP contribution in [0, 0.1) is 0 Å². The van der Waals surface area contributed by atoms with E-state index in [1.165, 1.54) is 6.07 Å². The van der Waals surface area contributed by atoms with Gasteiger partial charge in [0.15, 0.2) is 0 Å². The summed E-state index contributed by atoms with van der Waals surface area (Å²) < 4.78 is 39.4. The van der Waals surface area contributed by atoms with Gasteiger partial charge >= 0.3 is 6.18 Å². The molecule has 2 aromatic carbocycles. The van der Waals surface area contributed by atoms with E-state index < -0.39 is 11.7 Å². The molecule has 0 atom stereocenters. The number of rotatable bonds is 2. The summed E-state index contributed by atoms with van der Waals surface area (Å²) in [5, 5.41) is 0.855. The number of anilines is 1. The number of fused-ring (bicyclic) bond motifs is 1. The highest BCUT2D eigenvalue weighted by Gasteiger charge is 2.32. The minimum atomic E-state index is -4.40. The molecule has 27 heavy (non-hydrogen) atoms. The van der Waals surface area contributed by atoms with E-state index in [1.54, 1.807) is 30.4 Å². The van der Waals surface area contributed by atoms with Crippen molar-refractivity contribution in [3.63, 3.8) is 0 Å². The average Bonchev–Trinajstić information content (AvgIpc) is 2.74. The average molecular weight is 436 g/mol. The lowest BCUT2D eigenvalue weighted by atomic mass is 10.0. The van der Waals surface area contributed by atoms with E-state index in [-0.39, 0.29) is 12.4 Å². The van der Waals surface area contributed by atoms with Gasteiger partial charge in [-0.3, -0.25) is 4.99 Å². The van der Waals surface area contributed by atoms with Crippen LogP contribution in [0.2, 0.25) is 10.0 Å². The van der Waals surface area contributed by atoms with Gasteiger partial charge in [-0.25, -0.2) is 0 Å². The maximum Gasteiger partial charge on any atom is 0.416 e. The van der Waals surface area contributed by atoms with Crippen molar-refractivity contribution in [3.05, 3.63) is 69.2 Å². The van der Waals surface area contributed by atoms with Crippen LogP contribution in [-0.4, -0.2) is 25.8 Å². The Hall–Kier alpha value is -1.69. The molecule has 0 spiro atoms. The number of hydrogen-bond donors (Lipinski definition) is 0. The predicted octanol–water partition coefficient (Wildman–Crippen LogP) is 6.39. The number of likely N-dealkylation sites (N-methyl/N-ethyl adjacent to an activating group) is 1. The number of allylic oxidation sites excluding steroid dienone is 1. The second kappa shape index (κ2) is 8.55. The highest BCUT2D eigenvalue weighted by Crippen LogP contribution is 2.34. The third-order valence-corrected chi connectivity index (χ3v) is 4.84. The molecule has 0 aromatic heterocycles. The second-order valence-electron chi connectivity index (χ2n) is 5.93. The lowest BCUT2D eigenvalue weighted by molar-refractivity contribution is -0.137. The molecule has 0 unspecified atom stereocenters. The van der Waals surface area contributed by atoms with Crippen LogP contribution in [0.5, 0.6) is 0 Å².